The molecule has 1 aliphatic rings. The van der Waals surface area contributed by atoms with Crippen molar-refractivity contribution in [2.45, 2.75) is 23.1 Å². The minimum Gasteiger partial charge on any atom is -0.326 e. The van der Waals surface area contributed by atoms with E-state index in [0.29, 0.717) is 17.1 Å². The lowest BCUT2D eigenvalue weighted by molar-refractivity contribution is -0.118. The molecular weight excluding hydrogens is 464 g/mol. The monoisotopic (exact) mass is 482 g/mol. The fourth-order valence-corrected chi connectivity index (χ4v) is 5.28. The van der Waals surface area contributed by atoms with Crippen molar-refractivity contribution in [3.8, 4) is 0 Å². The van der Waals surface area contributed by atoms with E-state index in [-0.39, 0.29) is 34.8 Å². The first-order chi connectivity index (χ1) is 13.2. The molecule has 148 valence electrons. The number of thioether (sulfide) groups is 1. The number of benzene rings is 2. The molecule has 0 unspecified atom stereocenters. The Labute approximate surface area is 176 Å². The van der Waals surface area contributed by atoms with Crippen LogP contribution in [0.2, 0.25) is 0 Å². The summed E-state index contributed by atoms with van der Waals surface area (Å²) < 4.78 is 26.1. The zero-order chi connectivity index (χ0) is 20.3. The van der Waals surface area contributed by atoms with Gasteiger partial charge >= 0.3 is 0 Å². The van der Waals surface area contributed by atoms with Gasteiger partial charge in [-0.1, -0.05) is 28.9 Å². The van der Waals surface area contributed by atoms with Crippen molar-refractivity contribution in [2.75, 3.05) is 22.1 Å². The van der Waals surface area contributed by atoms with Crippen molar-refractivity contribution in [2.24, 2.45) is 5.92 Å². The van der Waals surface area contributed by atoms with Crippen molar-refractivity contribution < 1.29 is 18.0 Å². The van der Waals surface area contributed by atoms with E-state index < -0.39 is 9.84 Å². The number of anilines is 2. The molecule has 0 saturated carbocycles. The molecule has 1 heterocycles. The molecule has 2 aromatic rings. The van der Waals surface area contributed by atoms with Gasteiger partial charge in [-0.15, -0.1) is 11.8 Å². The van der Waals surface area contributed by atoms with Crippen LogP contribution in [0.3, 0.4) is 0 Å². The van der Waals surface area contributed by atoms with Crippen molar-refractivity contribution >= 4 is 60.7 Å². The molecule has 0 saturated heterocycles. The zero-order valence-corrected chi connectivity index (χ0v) is 18.3. The highest BCUT2D eigenvalue weighted by molar-refractivity contribution is 9.10. The maximum atomic E-state index is 12.7. The van der Waals surface area contributed by atoms with Gasteiger partial charge in [0.05, 0.1) is 16.3 Å². The quantitative estimate of drug-likeness (QED) is 0.673. The van der Waals surface area contributed by atoms with E-state index in [9.17, 15) is 18.0 Å². The van der Waals surface area contributed by atoms with Crippen LogP contribution in [0.4, 0.5) is 11.4 Å². The van der Waals surface area contributed by atoms with E-state index in [1.165, 1.54) is 23.9 Å². The Morgan fingerprint density at radius 3 is 2.82 bits per heavy atom. The van der Waals surface area contributed by atoms with Gasteiger partial charge in [-0.05, 0) is 36.4 Å². The molecule has 0 radical (unpaired) electrons. The second kappa shape index (κ2) is 8.67. The van der Waals surface area contributed by atoms with E-state index in [2.05, 4.69) is 26.6 Å². The van der Waals surface area contributed by atoms with Crippen LogP contribution in [0.5, 0.6) is 0 Å². The van der Waals surface area contributed by atoms with Gasteiger partial charge in [0.25, 0.3) is 0 Å². The van der Waals surface area contributed by atoms with E-state index in [4.69, 9.17) is 0 Å². The summed E-state index contributed by atoms with van der Waals surface area (Å²) in [4.78, 5) is 25.1. The second-order valence-electron chi connectivity index (χ2n) is 6.49. The molecule has 1 atom stereocenters. The number of hydrogen-bond donors (Lipinski definition) is 2. The summed E-state index contributed by atoms with van der Waals surface area (Å²) in [5.41, 5.74) is 1.09. The van der Waals surface area contributed by atoms with Crippen LogP contribution in [0.25, 0.3) is 0 Å². The van der Waals surface area contributed by atoms with Gasteiger partial charge in [-0.2, -0.15) is 0 Å². The van der Waals surface area contributed by atoms with E-state index >= 15 is 0 Å². The summed E-state index contributed by atoms with van der Waals surface area (Å²) in [7, 11) is -3.66. The molecule has 0 fully saturated rings. The number of rotatable bonds is 5. The standard InChI is InChI=1S/C19H19BrN2O4S2/c1-12-11-27-17-6-5-15(10-16(17)22-19(12)24)28(25,26)8-7-18(23)21-14-4-2-3-13(20)9-14/h2-6,9-10,12H,7-8,11H2,1H3,(H,21,23)(H,22,24)/t12-/m0/s1. The fourth-order valence-electron chi connectivity index (χ4n) is 2.61. The molecular formula is C19H19BrN2O4S2. The molecule has 3 rings (SSSR count). The highest BCUT2D eigenvalue weighted by Crippen LogP contribution is 2.34. The Morgan fingerprint density at radius 2 is 2.07 bits per heavy atom. The molecule has 1 aliphatic heterocycles. The van der Waals surface area contributed by atoms with E-state index in [0.717, 1.165) is 9.37 Å². The van der Waals surface area contributed by atoms with E-state index in [1.54, 1.807) is 24.3 Å². The molecule has 9 heteroatoms. The molecule has 0 spiro atoms. The van der Waals surface area contributed by atoms with Crippen LogP contribution in [-0.2, 0) is 19.4 Å². The normalized spacial score (nSPS) is 16.6. The lowest BCUT2D eigenvalue weighted by Crippen LogP contribution is -2.20. The summed E-state index contributed by atoms with van der Waals surface area (Å²) in [6.07, 6.45) is -0.163. The number of hydrogen-bond acceptors (Lipinski definition) is 5. The van der Waals surface area contributed by atoms with Crippen molar-refractivity contribution in [1.82, 2.24) is 0 Å². The Morgan fingerprint density at radius 1 is 1.29 bits per heavy atom. The predicted molar refractivity (Wildman–Crippen MR) is 114 cm³/mol. The maximum Gasteiger partial charge on any atom is 0.228 e. The summed E-state index contributed by atoms with van der Waals surface area (Å²) in [5.74, 6) is -0.341. The lowest BCUT2D eigenvalue weighted by Gasteiger charge is -2.10. The number of fused-ring (bicyclic) bond motifs is 1. The highest BCUT2D eigenvalue weighted by atomic mass is 79.9. The van der Waals surface area contributed by atoms with Crippen LogP contribution in [0.15, 0.2) is 56.7 Å². The zero-order valence-electron chi connectivity index (χ0n) is 15.1. The van der Waals surface area contributed by atoms with Gasteiger partial charge in [0.1, 0.15) is 0 Å². The van der Waals surface area contributed by atoms with Crippen molar-refractivity contribution in [3.63, 3.8) is 0 Å². The molecule has 0 aromatic heterocycles. The minimum atomic E-state index is -3.66. The molecule has 2 aromatic carbocycles. The summed E-state index contributed by atoms with van der Waals surface area (Å²) in [6.45, 7) is 1.83. The number of amides is 2. The molecule has 0 aliphatic carbocycles. The molecule has 0 bridgehead atoms. The van der Waals surface area contributed by atoms with Crippen molar-refractivity contribution in [1.29, 1.82) is 0 Å². The average Bonchev–Trinajstić information content (AvgIpc) is 2.78. The SMILES string of the molecule is C[C@H]1CSc2ccc(S(=O)(=O)CCC(=O)Nc3cccc(Br)c3)cc2NC1=O. The van der Waals surface area contributed by atoms with Gasteiger partial charge in [0, 0.05) is 33.1 Å². The highest BCUT2D eigenvalue weighted by Gasteiger charge is 2.23. The minimum absolute atomic E-state index is 0.0944. The summed E-state index contributed by atoms with van der Waals surface area (Å²) >= 11 is 4.83. The average molecular weight is 483 g/mol. The lowest BCUT2D eigenvalue weighted by atomic mass is 10.2. The summed E-state index contributed by atoms with van der Waals surface area (Å²) in [6, 6.07) is 11.8. The first-order valence-corrected chi connectivity index (χ1v) is 12.0. The van der Waals surface area contributed by atoms with Gasteiger partial charge in [0.2, 0.25) is 11.8 Å². The summed E-state index contributed by atoms with van der Waals surface area (Å²) in [5, 5.41) is 5.46. The first-order valence-electron chi connectivity index (χ1n) is 8.60. The van der Waals surface area contributed by atoms with Crippen LogP contribution >= 0.6 is 27.7 Å². The third-order valence-corrected chi connectivity index (χ3v) is 7.75. The van der Waals surface area contributed by atoms with E-state index in [1.807, 2.05) is 13.0 Å². The molecule has 2 amide bonds. The van der Waals surface area contributed by atoms with Crippen LogP contribution < -0.4 is 10.6 Å². The Kier molecular flexibility index (Phi) is 6.47. The number of sulfone groups is 1. The van der Waals surface area contributed by atoms with Crippen LogP contribution in [0, 0.1) is 5.92 Å². The van der Waals surface area contributed by atoms with Crippen LogP contribution in [0.1, 0.15) is 13.3 Å². The topological polar surface area (TPSA) is 92.3 Å². The maximum absolute atomic E-state index is 12.7. The largest absolute Gasteiger partial charge is 0.326 e. The third-order valence-electron chi connectivity index (χ3n) is 4.21. The molecule has 6 nitrogen and oxygen atoms in total. The number of carbonyl (C=O) groups is 2. The smallest absolute Gasteiger partial charge is 0.228 e. The fraction of sp³-hybridized carbons (Fsp3) is 0.263. The van der Waals surface area contributed by atoms with Gasteiger partial charge in [0.15, 0.2) is 9.84 Å². The predicted octanol–water partition coefficient (Wildman–Crippen LogP) is 3.93. The Hall–Kier alpha value is -1.84. The van der Waals surface area contributed by atoms with Gasteiger partial charge < -0.3 is 10.6 Å². The number of halogens is 1. The number of carbonyl (C=O) groups excluding carboxylic acids is 2. The van der Waals surface area contributed by atoms with Crippen LogP contribution in [-0.4, -0.2) is 31.7 Å². The first kappa shape index (κ1) is 20.9. The van der Waals surface area contributed by atoms with Gasteiger partial charge in [-0.3, -0.25) is 9.59 Å². The Bertz CT molecular complexity index is 1020. The third kappa shape index (κ3) is 5.15. The van der Waals surface area contributed by atoms with Crippen molar-refractivity contribution in [3.05, 3.63) is 46.9 Å². The second-order valence-corrected chi connectivity index (χ2v) is 10.6. The molecule has 28 heavy (non-hydrogen) atoms. The Balaban J connectivity index is 1.68. The van der Waals surface area contributed by atoms with Gasteiger partial charge in [-0.25, -0.2) is 8.42 Å². The number of nitrogens with one attached hydrogen (secondary N) is 2. The molecule has 2 N–H and O–H groups in total.